The monoisotopic (exact) mass is 696 g/mol. The van der Waals surface area contributed by atoms with E-state index in [-0.39, 0.29) is 22.9 Å². The lowest BCUT2D eigenvalue weighted by Gasteiger charge is -2.29. The van der Waals surface area contributed by atoms with Crippen molar-refractivity contribution in [2.45, 2.75) is 49.2 Å². The van der Waals surface area contributed by atoms with Crippen LogP contribution in [0.2, 0.25) is 0 Å². The van der Waals surface area contributed by atoms with Gasteiger partial charge in [0.05, 0.1) is 13.2 Å². The van der Waals surface area contributed by atoms with Gasteiger partial charge in [-0.3, -0.25) is 23.5 Å². The average Bonchev–Trinajstić information content (AvgIpc) is 3.73. The fraction of sp³-hybridized carbons (Fsp3) is 0.500. The lowest BCUT2D eigenvalue weighted by molar-refractivity contribution is -0.743. The van der Waals surface area contributed by atoms with Crippen molar-refractivity contribution in [2.75, 3.05) is 24.7 Å². The number of alkyl halides is 2. The van der Waals surface area contributed by atoms with Gasteiger partial charge >= 0.3 is 24.8 Å². The van der Waals surface area contributed by atoms with Crippen molar-refractivity contribution in [3.8, 4) is 0 Å². The molecule has 3 aliphatic rings. The maximum atomic E-state index is 16.0. The molecule has 236 valence electrons. The highest BCUT2D eigenvalue weighted by molar-refractivity contribution is 8.44. The van der Waals surface area contributed by atoms with Crippen LogP contribution in [0.25, 0.3) is 22.3 Å². The summed E-state index contributed by atoms with van der Waals surface area (Å²) in [5.41, 5.74) is 12.8. The molecule has 2 unspecified atom stereocenters. The molecule has 0 saturated carbocycles. The maximum absolute atomic E-state index is 16.0. The molecule has 0 bridgehead atoms. The molecular formula is C20H24F2N10O8P2S2+2. The van der Waals surface area contributed by atoms with Crippen molar-refractivity contribution in [3.63, 3.8) is 0 Å². The Morgan fingerprint density at radius 1 is 0.886 bits per heavy atom. The van der Waals surface area contributed by atoms with Gasteiger partial charge in [-0.1, -0.05) is 22.2 Å². The summed E-state index contributed by atoms with van der Waals surface area (Å²) in [6.45, 7) is -9.82. The fourth-order valence-electron chi connectivity index (χ4n) is 5.29. The van der Waals surface area contributed by atoms with Gasteiger partial charge in [-0.15, -0.1) is 0 Å². The third kappa shape index (κ3) is 5.26. The third-order valence-corrected chi connectivity index (χ3v) is 10.5. The zero-order valence-electron chi connectivity index (χ0n) is 22.0. The largest absolute Gasteiger partial charge is 0.386 e. The second-order valence-corrected chi connectivity index (χ2v) is 15.6. The molecule has 3 fully saturated rings. The van der Waals surface area contributed by atoms with E-state index >= 15 is 8.78 Å². The van der Waals surface area contributed by atoms with Gasteiger partial charge in [-0.2, -0.15) is 9.97 Å². The minimum absolute atomic E-state index is 0.112. The van der Waals surface area contributed by atoms with Gasteiger partial charge in [0.1, 0.15) is 24.4 Å². The van der Waals surface area contributed by atoms with Gasteiger partial charge in [-0.05, 0) is 11.8 Å². The molecule has 18 nitrogen and oxygen atoms in total. The summed E-state index contributed by atoms with van der Waals surface area (Å²) in [6, 6.07) is 0. The fourth-order valence-corrected chi connectivity index (χ4v) is 8.20. The second kappa shape index (κ2) is 11.1. The summed E-state index contributed by atoms with van der Waals surface area (Å²) < 4.78 is 81.6. The van der Waals surface area contributed by atoms with Crippen molar-refractivity contribution >= 4 is 71.5 Å². The Hall–Kier alpha value is -2.49. The lowest BCUT2D eigenvalue weighted by Crippen LogP contribution is -2.44. The van der Waals surface area contributed by atoms with Crippen molar-refractivity contribution in [1.82, 2.24) is 29.9 Å². The summed E-state index contributed by atoms with van der Waals surface area (Å²) in [4.78, 5) is 32.6. The minimum Gasteiger partial charge on any atom is -0.380 e. The number of H-pyrrole nitrogens is 2. The second-order valence-electron chi connectivity index (χ2n) is 9.96. The molecule has 0 aromatic carbocycles. The summed E-state index contributed by atoms with van der Waals surface area (Å²) in [5.74, 6) is 0.226. The third-order valence-electron chi connectivity index (χ3n) is 7.29. The Morgan fingerprint density at radius 3 is 1.89 bits per heavy atom. The number of anilines is 2. The Kier molecular flexibility index (Phi) is 7.61. The van der Waals surface area contributed by atoms with E-state index in [1.165, 1.54) is 34.4 Å². The lowest BCUT2D eigenvalue weighted by atomic mass is 10.1. The molecule has 7 rings (SSSR count). The number of aromatic nitrogens is 8. The van der Waals surface area contributed by atoms with E-state index in [0.29, 0.717) is 11.0 Å². The average molecular weight is 697 g/mol. The summed E-state index contributed by atoms with van der Waals surface area (Å²) in [7, 11) is 0. The first-order valence-corrected chi connectivity index (χ1v) is 18.1. The number of halogens is 2. The van der Waals surface area contributed by atoms with E-state index in [4.69, 9.17) is 50.8 Å². The van der Waals surface area contributed by atoms with E-state index in [1.54, 1.807) is 0 Å². The molecule has 44 heavy (non-hydrogen) atoms. The van der Waals surface area contributed by atoms with Crippen LogP contribution in [0.15, 0.2) is 25.3 Å². The Morgan fingerprint density at radius 2 is 1.36 bits per heavy atom. The number of nitrogen functional groups attached to an aromatic ring is 2. The van der Waals surface area contributed by atoms with Crippen LogP contribution < -0.4 is 20.6 Å². The maximum Gasteiger partial charge on any atom is 0.386 e. The molecule has 0 amide bonds. The van der Waals surface area contributed by atoms with Crippen molar-refractivity contribution in [3.05, 3.63) is 25.3 Å². The zero-order chi connectivity index (χ0) is 31.0. The first kappa shape index (κ1) is 30.2. The molecule has 3 saturated heterocycles. The van der Waals surface area contributed by atoms with E-state index in [9.17, 15) is 9.46 Å². The van der Waals surface area contributed by atoms with E-state index in [0.717, 1.165) is 0 Å². The van der Waals surface area contributed by atoms with Crippen LogP contribution in [0, 0.1) is 0 Å². The van der Waals surface area contributed by atoms with Gasteiger partial charge < -0.3 is 30.4 Å². The number of fused-ring (bicyclic) bond motifs is 4. The highest BCUT2D eigenvalue weighted by Gasteiger charge is 2.55. The molecular weight excluding hydrogens is 672 g/mol. The Labute approximate surface area is 255 Å². The highest BCUT2D eigenvalue weighted by Crippen LogP contribution is 2.58. The normalized spacial score (nSPS) is 38.3. The molecule has 4 aromatic heterocycles. The van der Waals surface area contributed by atoms with Crippen LogP contribution >= 0.6 is 25.8 Å². The predicted molar refractivity (Wildman–Crippen MR) is 149 cm³/mol. The number of nitrogens with zero attached hydrogens (tertiary/aromatic N) is 6. The van der Waals surface area contributed by atoms with Crippen LogP contribution in [-0.4, -0.2) is 84.8 Å². The van der Waals surface area contributed by atoms with Crippen LogP contribution in [0.4, 0.5) is 20.4 Å². The molecule has 7 N–H and O–H groups in total. The summed E-state index contributed by atoms with van der Waals surface area (Å²) in [5, 5.41) is 0. The van der Waals surface area contributed by atoms with Gasteiger partial charge in [0.15, 0.2) is 49.3 Å². The van der Waals surface area contributed by atoms with E-state index in [2.05, 4.69) is 42.2 Å². The van der Waals surface area contributed by atoms with Gasteiger partial charge in [-0.25, -0.2) is 22.5 Å². The predicted octanol–water partition coefficient (Wildman–Crippen LogP) is 0.212. The van der Waals surface area contributed by atoms with Crippen LogP contribution in [0.1, 0.15) is 12.5 Å². The first-order valence-electron chi connectivity index (χ1n) is 12.8. The van der Waals surface area contributed by atoms with Crippen molar-refractivity contribution in [1.29, 1.82) is 0 Å². The highest BCUT2D eigenvalue weighted by atomic mass is 32.7. The quantitative estimate of drug-likeness (QED) is 0.0934. The standard InChI is InChI=1S/C20H22F2N10O8P2S2/c21-9-13-7(37-19(9)31-5-29-11-15(23)25-3-27-17(11)31)1-35-41(33,43)40-14-8(2-36-42(34,44)39-13)38-20(10(14)22)32-6-30-12-16(24)26-4-28-18(12)32/h3-10,13-14,19-20H,1-2H2,(H6,23,24,25,26,27,28,33,34,43,44)/p+2/t7-,8-,9-,10-,13-,14-,19-,20-,41?,42?/m1/s1. The molecule has 0 radical (unpaired) electrons. The topological polar surface area (TPSA) is 236 Å². The Balaban J connectivity index is 1.17. The summed E-state index contributed by atoms with van der Waals surface area (Å²) >= 11 is 9.17. The molecule has 7 heterocycles. The molecule has 3 aliphatic heterocycles. The van der Waals surface area contributed by atoms with E-state index in [1.807, 2.05) is 0 Å². The smallest absolute Gasteiger partial charge is 0.380 e. The Bertz CT molecular complexity index is 1710. The molecule has 0 spiro atoms. The number of rotatable bonds is 2. The van der Waals surface area contributed by atoms with Gasteiger partial charge in [0.25, 0.3) is 0 Å². The van der Waals surface area contributed by atoms with Gasteiger partial charge in [0.2, 0.25) is 23.5 Å². The van der Waals surface area contributed by atoms with E-state index < -0.39 is 75.9 Å². The van der Waals surface area contributed by atoms with Gasteiger partial charge in [0, 0.05) is 0 Å². The number of imidazole rings is 2. The minimum atomic E-state index is -4.36. The summed E-state index contributed by atoms with van der Waals surface area (Å²) in [6.07, 6.45) is -7.45. The van der Waals surface area contributed by atoms with Crippen molar-refractivity contribution in [2.24, 2.45) is 0 Å². The van der Waals surface area contributed by atoms with Crippen LogP contribution in [0.3, 0.4) is 0 Å². The number of hydrogen-bond donors (Lipinski definition) is 6. The molecule has 4 aromatic rings. The van der Waals surface area contributed by atoms with Crippen molar-refractivity contribution < 1.29 is 54.9 Å². The number of ether oxygens (including phenoxy) is 2. The number of nitrogens with one attached hydrogen (secondary N) is 2. The number of nitrogens with two attached hydrogens (primary N) is 2. The zero-order valence-corrected chi connectivity index (χ0v) is 25.5. The van der Waals surface area contributed by atoms with Crippen LogP contribution in [0.5, 0.6) is 0 Å². The molecule has 24 heteroatoms. The van der Waals surface area contributed by atoms with Crippen LogP contribution in [-0.2, 0) is 43.9 Å². The number of thiol groups is 1. The SMILES string of the molecule is Nc1ncnc2c1[nH]c[n+]2[C@@H]1O[C@@H]2COP(O)(=S)O[C@H]3[C@@H](F)[C@H]([n+]4c[nH]c5c(N)ncnc54)O[C@@H]3COP(=O)(S)O[C@H]2[C@H]1F. The number of aromatic amines is 2. The molecule has 0 aliphatic carbocycles. The first-order chi connectivity index (χ1) is 20.9. The molecule has 10 atom stereocenters. The number of hydrogen-bond acceptors (Lipinski definition) is 14.